The number of methoxy groups -OCH3 is 1. The van der Waals surface area contributed by atoms with Crippen LogP contribution in [0.15, 0.2) is 52.4 Å². The van der Waals surface area contributed by atoms with E-state index in [0.29, 0.717) is 29.5 Å². The van der Waals surface area contributed by atoms with E-state index >= 15 is 0 Å². The lowest BCUT2D eigenvalue weighted by Crippen LogP contribution is -2.37. The van der Waals surface area contributed by atoms with Crippen LogP contribution in [0, 0.1) is 5.82 Å². The summed E-state index contributed by atoms with van der Waals surface area (Å²) in [5.41, 5.74) is 2.47. The number of nitrogens with one attached hydrogen (secondary N) is 2. The molecule has 2 aromatic carbocycles. The van der Waals surface area contributed by atoms with Gasteiger partial charge in [0.05, 0.1) is 11.5 Å². The fourth-order valence-corrected chi connectivity index (χ4v) is 3.27. The maximum Gasteiger partial charge on any atom is 0.191 e. The predicted octanol–water partition coefficient (Wildman–Crippen LogP) is 2.90. The largest absolute Gasteiger partial charge is 0.380 e. The first-order valence-corrected chi connectivity index (χ1v) is 10.7. The van der Waals surface area contributed by atoms with Crippen LogP contribution in [0.2, 0.25) is 0 Å². The molecule has 0 atom stereocenters. The Kier molecular flexibility index (Phi) is 10.5. The summed E-state index contributed by atoms with van der Waals surface area (Å²) in [6, 6.07) is 11.8. The summed E-state index contributed by atoms with van der Waals surface area (Å²) < 4.78 is 41.6. The number of halogens is 2. The first kappa shape index (κ1) is 25.3. The van der Waals surface area contributed by atoms with Gasteiger partial charge in [0, 0.05) is 39.1 Å². The highest BCUT2D eigenvalue weighted by molar-refractivity contribution is 14.0. The third-order valence-electron chi connectivity index (χ3n) is 4.15. The third kappa shape index (κ3) is 8.27. The maximum atomic E-state index is 13.7. The zero-order valence-electron chi connectivity index (χ0n) is 16.7. The van der Waals surface area contributed by atoms with Crippen molar-refractivity contribution in [1.82, 2.24) is 10.6 Å². The quantitative estimate of drug-likeness (QED) is 0.309. The molecule has 2 rings (SSSR count). The molecule has 0 fully saturated rings. The van der Waals surface area contributed by atoms with Gasteiger partial charge in [0.15, 0.2) is 15.8 Å². The molecule has 0 bridgehead atoms. The zero-order valence-corrected chi connectivity index (χ0v) is 19.9. The standard InChI is InChI=1S/C20H26FN3O3S.HI/c1-22-20(24-13-16-6-9-19(21)17(12-16)14-27-2)23-11-10-15-4-7-18(8-5-15)28(3,25)26;/h4-9,12H,10-11,13-14H2,1-3H3,(H2,22,23,24);1H. The van der Waals surface area contributed by atoms with Crippen LogP contribution < -0.4 is 10.6 Å². The molecule has 0 aromatic heterocycles. The number of hydrogen-bond donors (Lipinski definition) is 2. The van der Waals surface area contributed by atoms with Gasteiger partial charge in [0.25, 0.3) is 0 Å². The summed E-state index contributed by atoms with van der Waals surface area (Å²) in [7, 11) is 0.0336. The monoisotopic (exact) mass is 535 g/mol. The van der Waals surface area contributed by atoms with Crippen LogP contribution in [0.5, 0.6) is 0 Å². The van der Waals surface area contributed by atoms with Gasteiger partial charge < -0.3 is 15.4 Å². The summed E-state index contributed by atoms with van der Waals surface area (Å²) in [5.74, 6) is 0.348. The van der Waals surface area contributed by atoms with E-state index in [-0.39, 0.29) is 36.4 Å². The highest BCUT2D eigenvalue weighted by Crippen LogP contribution is 2.12. The molecule has 2 N–H and O–H groups in total. The Hall–Kier alpha value is -1.72. The normalized spacial score (nSPS) is 11.7. The minimum absolute atomic E-state index is 0. The van der Waals surface area contributed by atoms with Gasteiger partial charge in [0.1, 0.15) is 5.82 Å². The van der Waals surface area contributed by atoms with Crippen LogP contribution in [0.25, 0.3) is 0 Å². The second kappa shape index (κ2) is 12.1. The molecule has 0 aliphatic carbocycles. The van der Waals surface area contributed by atoms with Crippen molar-refractivity contribution in [3.63, 3.8) is 0 Å². The lowest BCUT2D eigenvalue weighted by molar-refractivity contribution is 0.181. The number of guanidine groups is 1. The second-order valence-electron chi connectivity index (χ2n) is 6.38. The summed E-state index contributed by atoms with van der Waals surface area (Å²) >= 11 is 0. The van der Waals surface area contributed by atoms with Gasteiger partial charge >= 0.3 is 0 Å². The van der Waals surface area contributed by atoms with Gasteiger partial charge in [-0.05, 0) is 41.8 Å². The Balaban J connectivity index is 0.00000420. The molecule has 0 aliphatic heterocycles. The Bertz CT molecular complexity index is 919. The molecule has 9 heteroatoms. The average Bonchev–Trinajstić information content (AvgIpc) is 2.66. The fraction of sp³-hybridized carbons (Fsp3) is 0.350. The van der Waals surface area contributed by atoms with E-state index in [1.165, 1.54) is 19.4 Å². The molecule has 29 heavy (non-hydrogen) atoms. The van der Waals surface area contributed by atoms with Crippen molar-refractivity contribution >= 4 is 39.8 Å². The second-order valence-corrected chi connectivity index (χ2v) is 8.39. The number of benzene rings is 2. The number of ether oxygens (including phenoxy) is 1. The molecule has 2 aromatic rings. The van der Waals surface area contributed by atoms with Crippen molar-refractivity contribution in [3.05, 3.63) is 65.0 Å². The van der Waals surface area contributed by atoms with Crippen molar-refractivity contribution in [2.24, 2.45) is 4.99 Å². The molecule has 6 nitrogen and oxygen atoms in total. The van der Waals surface area contributed by atoms with E-state index in [1.807, 2.05) is 12.1 Å². The third-order valence-corrected chi connectivity index (χ3v) is 5.28. The Labute approximate surface area is 188 Å². The van der Waals surface area contributed by atoms with E-state index in [2.05, 4.69) is 15.6 Å². The number of sulfone groups is 1. The van der Waals surface area contributed by atoms with Crippen LogP contribution in [-0.2, 0) is 34.1 Å². The minimum Gasteiger partial charge on any atom is -0.380 e. The summed E-state index contributed by atoms with van der Waals surface area (Å²) in [6.45, 7) is 1.36. The topological polar surface area (TPSA) is 79.8 Å². The van der Waals surface area contributed by atoms with E-state index in [9.17, 15) is 12.8 Å². The molecule has 0 unspecified atom stereocenters. The summed E-state index contributed by atoms with van der Waals surface area (Å²) in [5, 5.41) is 6.39. The molecule has 0 amide bonds. The van der Waals surface area contributed by atoms with Gasteiger partial charge in [-0.2, -0.15) is 0 Å². The number of nitrogens with zero attached hydrogens (tertiary/aromatic N) is 1. The van der Waals surface area contributed by atoms with Gasteiger partial charge in [-0.25, -0.2) is 12.8 Å². The molecule has 0 aliphatic rings. The predicted molar refractivity (Wildman–Crippen MR) is 124 cm³/mol. The van der Waals surface area contributed by atoms with Crippen molar-refractivity contribution in [2.45, 2.75) is 24.5 Å². The van der Waals surface area contributed by atoms with Crippen LogP contribution >= 0.6 is 24.0 Å². The number of aliphatic imine (C=N–C) groups is 1. The van der Waals surface area contributed by atoms with Crippen molar-refractivity contribution in [2.75, 3.05) is 27.0 Å². The van der Waals surface area contributed by atoms with Crippen LogP contribution in [0.3, 0.4) is 0 Å². The Morgan fingerprint density at radius 1 is 1.10 bits per heavy atom. The molecular formula is C20H27FIN3O3S. The van der Waals surface area contributed by atoms with Gasteiger partial charge in [-0.15, -0.1) is 24.0 Å². The van der Waals surface area contributed by atoms with E-state index in [0.717, 1.165) is 17.5 Å². The van der Waals surface area contributed by atoms with Gasteiger partial charge in [-0.1, -0.05) is 18.2 Å². The molecule has 0 heterocycles. The highest BCUT2D eigenvalue weighted by atomic mass is 127. The summed E-state index contributed by atoms with van der Waals surface area (Å²) in [4.78, 5) is 4.49. The Morgan fingerprint density at radius 2 is 1.76 bits per heavy atom. The van der Waals surface area contributed by atoms with Gasteiger partial charge in [-0.3, -0.25) is 4.99 Å². The van der Waals surface area contributed by atoms with Crippen LogP contribution in [0.4, 0.5) is 4.39 Å². The highest BCUT2D eigenvalue weighted by Gasteiger charge is 2.07. The molecule has 0 saturated heterocycles. The SMILES string of the molecule is CN=C(NCCc1ccc(S(C)(=O)=O)cc1)NCc1ccc(F)c(COC)c1.I. The number of rotatable bonds is 8. The van der Waals surface area contributed by atoms with Crippen molar-refractivity contribution in [3.8, 4) is 0 Å². The van der Waals surface area contributed by atoms with E-state index in [1.54, 1.807) is 31.3 Å². The van der Waals surface area contributed by atoms with Gasteiger partial charge in [0.2, 0.25) is 0 Å². The maximum absolute atomic E-state index is 13.7. The molecule has 0 saturated carbocycles. The molecule has 160 valence electrons. The first-order valence-electron chi connectivity index (χ1n) is 8.83. The minimum atomic E-state index is -3.18. The van der Waals surface area contributed by atoms with Crippen molar-refractivity contribution < 1.29 is 17.5 Å². The Morgan fingerprint density at radius 3 is 2.34 bits per heavy atom. The zero-order chi connectivity index (χ0) is 20.6. The molecule has 0 radical (unpaired) electrons. The number of hydrogen-bond acceptors (Lipinski definition) is 4. The lowest BCUT2D eigenvalue weighted by Gasteiger charge is -2.13. The fourth-order valence-electron chi connectivity index (χ4n) is 2.64. The van der Waals surface area contributed by atoms with Crippen LogP contribution in [-0.4, -0.2) is 41.3 Å². The smallest absolute Gasteiger partial charge is 0.191 e. The van der Waals surface area contributed by atoms with E-state index in [4.69, 9.17) is 4.74 Å². The average molecular weight is 535 g/mol. The van der Waals surface area contributed by atoms with E-state index < -0.39 is 9.84 Å². The van der Waals surface area contributed by atoms with Crippen molar-refractivity contribution in [1.29, 1.82) is 0 Å². The molecular weight excluding hydrogens is 508 g/mol. The summed E-state index contributed by atoms with van der Waals surface area (Å²) in [6.07, 6.45) is 1.91. The lowest BCUT2D eigenvalue weighted by atomic mass is 10.1. The van der Waals surface area contributed by atoms with Crippen LogP contribution in [0.1, 0.15) is 16.7 Å². The first-order chi connectivity index (χ1) is 13.3. The molecule has 0 spiro atoms.